The van der Waals surface area contributed by atoms with Crippen LogP contribution >= 0.6 is 0 Å². The molecule has 0 heterocycles. The van der Waals surface area contributed by atoms with Gasteiger partial charge in [-0.15, -0.1) is 0 Å². The molecule has 0 heteroatoms. The molecule has 32 heavy (non-hydrogen) atoms. The molecule has 0 bridgehead atoms. The Morgan fingerprint density at radius 2 is 0.844 bits per heavy atom. The third-order valence-corrected chi connectivity index (χ3v) is 8.53. The highest BCUT2D eigenvalue weighted by Crippen LogP contribution is 2.55. The second-order valence-electron chi connectivity index (χ2n) is 10.1. The molecule has 2 aliphatic rings. The Bertz CT molecular complexity index is 1440. The molecule has 0 N–H and O–H groups in total. The minimum atomic E-state index is 0.0260. The molecule has 0 amide bonds. The predicted octanol–water partition coefficient (Wildman–Crippen LogP) is 8.38. The van der Waals surface area contributed by atoms with Gasteiger partial charge in [0.05, 0.1) is 0 Å². The van der Waals surface area contributed by atoms with Crippen LogP contribution in [0.1, 0.15) is 48.9 Å². The fourth-order valence-electron chi connectivity index (χ4n) is 6.80. The van der Waals surface area contributed by atoms with Crippen LogP contribution in [0, 0.1) is 0 Å². The molecule has 0 spiro atoms. The van der Waals surface area contributed by atoms with E-state index in [-0.39, 0.29) is 10.8 Å². The van der Waals surface area contributed by atoms with Gasteiger partial charge in [0.2, 0.25) is 0 Å². The third-order valence-electron chi connectivity index (χ3n) is 8.53. The minimum absolute atomic E-state index is 0.0260. The summed E-state index contributed by atoms with van der Waals surface area (Å²) in [7, 11) is 0. The first-order valence-corrected chi connectivity index (χ1v) is 11.8. The summed E-state index contributed by atoms with van der Waals surface area (Å²) < 4.78 is 0. The maximum absolute atomic E-state index is 2.48. The number of fused-ring (bicyclic) bond motifs is 3. The predicted molar refractivity (Wildman–Crippen MR) is 135 cm³/mol. The first-order valence-electron chi connectivity index (χ1n) is 11.8. The van der Waals surface area contributed by atoms with Gasteiger partial charge < -0.3 is 0 Å². The van der Waals surface area contributed by atoms with E-state index in [0.29, 0.717) is 0 Å². The summed E-state index contributed by atoms with van der Waals surface area (Å²) in [5, 5.41) is 5.68. The minimum Gasteiger partial charge on any atom is -0.0619 e. The van der Waals surface area contributed by atoms with Crippen LogP contribution in [0.4, 0.5) is 0 Å². The molecule has 0 fully saturated rings. The summed E-state index contributed by atoms with van der Waals surface area (Å²) in [6, 6.07) is 36.4. The summed E-state index contributed by atoms with van der Waals surface area (Å²) in [4.78, 5) is 0. The van der Waals surface area contributed by atoms with Crippen molar-refractivity contribution < 1.29 is 0 Å². The fraction of sp³-hybridized carbons (Fsp3) is 0.188. The van der Waals surface area contributed by atoms with E-state index in [0.717, 1.165) is 12.8 Å². The summed E-state index contributed by atoms with van der Waals surface area (Å²) in [5.74, 6) is 0. The Balaban J connectivity index is 1.39. The number of hydrogen-bond acceptors (Lipinski definition) is 0. The van der Waals surface area contributed by atoms with Gasteiger partial charge in [-0.25, -0.2) is 0 Å². The highest BCUT2D eigenvalue weighted by Gasteiger charge is 2.43. The van der Waals surface area contributed by atoms with E-state index < -0.39 is 0 Å². The Hall–Kier alpha value is -3.38. The molecule has 154 valence electrons. The van der Waals surface area contributed by atoms with E-state index in [1.165, 1.54) is 54.9 Å². The van der Waals surface area contributed by atoms with Crippen molar-refractivity contribution in [2.24, 2.45) is 0 Å². The maximum Gasteiger partial charge on any atom is 0.0187 e. The Kier molecular flexibility index (Phi) is 3.48. The SMILES string of the molecule is CC1(CCC2(C)c3cccc4ccc5cccc2c5c34)c2ccccc2-c2ccccc21. The number of hydrogen-bond donors (Lipinski definition) is 0. The van der Waals surface area contributed by atoms with Crippen LogP contribution in [-0.2, 0) is 10.8 Å². The van der Waals surface area contributed by atoms with Gasteiger partial charge in [-0.05, 0) is 67.8 Å². The van der Waals surface area contributed by atoms with Crippen LogP contribution < -0.4 is 0 Å². The monoisotopic (exact) mass is 410 g/mol. The summed E-state index contributed by atoms with van der Waals surface area (Å²) in [6.45, 7) is 4.94. The van der Waals surface area contributed by atoms with Crippen molar-refractivity contribution in [2.45, 2.75) is 37.5 Å². The first-order chi connectivity index (χ1) is 15.6. The molecule has 2 aliphatic carbocycles. The molecule has 0 nitrogen and oxygen atoms in total. The molecule has 5 aromatic rings. The van der Waals surface area contributed by atoms with Crippen molar-refractivity contribution in [3.05, 3.63) is 119 Å². The van der Waals surface area contributed by atoms with Gasteiger partial charge in [0, 0.05) is 10.8 Å². The van der Waals surface area contributed by atoms with Gasteiger partial charge >= 0.3 is 0 Å². The molecule has 5 aromatic carbocycles. The van der Waals surface area contributed by atoms with Gasteiger partial charge in [0.1, 0.15) is 0 Å². The van der Waals surface area contributed by atoms with Gasteiger partial charge in [0.25, 0.3) is 0 Å². The van der Waals surface area contributed by atoms with Crippen LogP contribution in [0.25, 0.3) is 32.7 Å². The smallest absolute Gasteiger partial charge is 0.0187 e. The number of rotatable bonds is 3. The van der Waals surface area contributed by atoms with Crippen molar-refractivity contribution >= 4 is 21.5 Å². The summed E-state index contributed by atoms with van der Waals surface area (Å²) in [5.41, 5.74) is 8.86. The zero-order valence-electron chi connectivity index (χ0n) is 18.7. The van der Waals surface area contributed by atoms with Gasteiger partial charge in [-0.3, -0.25) is 0 Å². The van der Waals surface area contributed by atoms with E-state index in [9.17, 15) is 0 Å². The molecule has 0 saturated heterocycles. The fourth-order valence-corrected chi connectivity index (χ4v) is 6.80. The quantitative estimate of drug-likeness (QED) is 0.262. The Morgan fingerprint density at radius 3 is 1.34 bits per heavy atom. The van der Waals surface area contributed by atoms with Crippen LogP contribution in [0.5, 0.6) is 0 Å². The summed E-state index contributed by atoms with van der Waals surface area (Å²) in [6.07, 6.45) is 2.25. The molecule has 0 aliphatic heterocycles. The van der Waals surface area contributed by atoms with Crippen molar-refractivity contribution in [2.75, 3.05) is 0 Å². The van der Waals surface area contributed by atoms with E-state index >= 15 is 0 Å². The lowest BCUT2D eigenvalue weighted by atomic mass is 9.69. The zero-order chi connectivity index (χ0) is 21.5. The largest absolute Gasteiger partial charge is 0.0619 e. The molecule has 0 saturated carbocycles. The van der Waals surface area contributed by atoms with Crippen LogP contribution in [0.3, 0.4) is 0 Å². The van der Waals surface area contributed by atoms with Crippen LogP contribution in [0.2, 0.25) is 0 Å². The molecule has 0 aromatic heterocycles. The topological polar surface area (TPSA) is 0 Å². The van der Waals surface area contributed by atoms with Crippen LogP contribution in [-0.4, -0.2) is 0 Å². The molecule has 0 unspecified atom stereocenters. The van der Waals surface area contributed by atoms with E-state index in [4.69, 9.17) is 0 Å². The zero-order valence-corrected chi connectivity index (χ0v) is 18.7. The van der Waals surface area contributed by atoms with E-state index in [2.05, 4.69) is 111 Å². The van der Waals surface area contributed by atoms with Crippen molar-refractivity contribution in [1.82, 2.24) is 0 Å². The van der Waals surface area contributed by atoms with E-state index in [1.807, 2.05) is 0 Å². The molecular formula is C32H26. The van der Waals surface area contributed by atoms with Gasteiger partial charge in [0.15, 0.2) is 0 Å². The second-order valence-corrected chi connectivity index (χ2v) is 10.1. The van der Waals surface area contributed by atoms with Gasteiger partial charge in [-0.2, -0.15) is 0 Å². The summed E-state index contributed by atoms with van der Waals surface area (Å²) >= 11 is 0. The molecule has 0 radical (unpaired) electrons. The average molecular weight is 411 g/mol. The van der Waals surface area contributed by atoms with Gasteiger partial charge in [-0.1, -0.05) is 111 Å². The lowest BCUT2D eigenvalue weighted by molar-refractivity contribution is 0.425. The Labute approximate surface area is 189 Å². The maximum atomic E-state index is 2.48. The lowest BCUT2D eigenvalue weighted by Gasteiger charge is -2.34. The van der Waals surface area contributed by atoms with Crippen molar-refractivity contribution in [3.8, 4) is 11.1 Å². The van der Waals surface area contributed by atoms with E-state index in [1.54, 1.807) is 0 Å². The number of benzene rings is 5. The average Bonchev–Trinajstić information content (AvgIpc) is 3.26. The lowest BCUT2D eigenvalue weighted by Crippen LogP contribution is -2.28. The first kappa shape index (κ1) is 18.2. The van der Waals surface area contributed by atoms with Crippen molar-refractivity contribution in [3.63, 3.8) is 0 Å². The molecule has 0 atom stereocenters. The standard InChI is InChI=1S/C32H26/c1-31(25-13-5-3-11-23(25)24-12-4-6-14-26(24)31)19-20-32(2)27-15-7-9-21-17-18-22-10-8-16-28(32)30(22)29(21)27/h3-18H,19-20H2,1-2H3. The highest BCUT2D eigenvalue weighted by molar-refractivity contribution is 6.14. The normalized spacial score (nSPS) is 16.6. The highest BCUT2D eigenvalue weighted by atomic mass is 14.5. The third kappa shape index (κ3) is 2.13. The molecular weight excluding hydrogens is 384 g/mol. The van der Waals surface area contributed by atoms with Crippen LogP contribution in [0.15, 0.2) is 97.1 Å². The Morgan fingerprint density at radius 1 is 0.438 bits per heavy atom. The molecule has 7 rings (SSSR count). The van der Waals surface area contributed by atoms with Crippen molar-refractivity contribution in [1.29, 1.82) is 0 Å². The second kappa shape index (κ2) is 6.11.